The lowest BCUT2D eigenvalue weighted by Gasteiger charge is -2.08. The minimum atomic E-state index is -3.49. The van der Waals surface area contributed by atoms with E-state index in [9.17, 15) is 13.2 Å². The van der Waals surface area contributed by atoms with Gasteiger partial charge in [0, 0.05) is 6.42 Å². The SMILES string of the molecule is O=C(CCS(=O)(=O)c1ccccc1)Nc1cccc(Cl)c1Cl. The quantitative estimate of drug-likeness (QED) is 0.884. The molecular weight excluding hydrogens is 345 g/mol. The Kier molecular flexibility index (Phi) is 5.45. The second-order valence-corrected chi connectivity index (χ2v) is 7.43. The number of rotatable bonds is 5. The number of benzene rings is 2. The predicted molar refractivity (Wildman–Crippen MR) is 88.2 cm³/mol. The summed E-state index contributed by atoms with van der Waals surface area (Å²) in [6.45, 7) is 0. The Bertz CT molecular complexity index is 777. The maximum atomic E-state index is 12.1. The number of carbonyl (C=O) groups excluding carboxylic acids is 1. The number of hydrogen-bond acceptors (Lipinski definition) is 3. The van der Waals surface area contributed by atoms with Gasteiger partial charge in [-0.2, -0.15) is 0 Å². The molecule has 0 atom stereocenters. The first-order valence-electron chi connectivity index (χ1n) is 6.42. The molecule has 1 amide bonds. The molecule has 0 unspecified atom stereocenters. The molecule has 0 spiro atoms. The van der Waals surface area contributed by atoms with Crippen LogP contribution in [-0.4, -0.2) is 20.1 Å². The maximum Gasteiger partial charge on any atom is 0.225 e. The smallest absolute Gasteiger partial charge is 0.225 e. The molecule has 4 nitrogen and oxygen atoms in total. The molecule has 0 saturated heterocycles. The highest BCUT2D eigenvalue weighted by Crippen LogP contribution is 2.29. The van der Waals surface area contributed by atoms with Gasteiger partial charge in [0.1, 0.15) is 0 Å². The van der Waals surface area contributed by atoms with Gasteiger partial charge in [0.2, 0.25) is 5.91 Å². The normalized spacial score (nSPS) is 11.2. The molecule has 1 N–H and O–H groups in total. The molecule has 0 saturated carbocycles. The van der Waals surface area contributed by atoms with Crippen LogP contribution in [0.1, 0.15) is 6.42 Å². The fourth-order valence-electron chi connectivity index (χ4n) is 1.79. The average molecular weight is 358 g/mol. The van der Waals surface area contributed by atoms with E-state index in [0.717, 1.165) is 0 Å². The zero-order chi connectivity index (χ0) is 16.2. The first-order valence-corrected chi connectivity index (χ1v) is 8.82. The molecule has 2 rings (SSSR count). The standard InChI is InChI=1S/C15H13Cl2NO3S/c16-12-7-4-8-13(15(12)17)18-14(19)9-10-22(20,21)11-5-2-1-3-6-11/h1-8H,9-10H2,(H,18,19). The van der Waals surface area contributed by atoms with Crippen LogP contribution in [0.2, 0.25) is 10.0 Å². The summed E-state index contributed by atoms with van der Waals surface area (Å²) in [6, 6.07) is 12.8. The Labute approximate surface area is 139 Å². The summed E-state index contributed by atoms with van der Waals surface area (Å²) in [4.78, 5) is 12.1. The van der Waals surface area contributed by atoms with Crippen LogP contribution in [0.5, 0.6) is 0 Å². The molecule has 0 aromatic heterocycles. The summed E-state index contributed by atoms with van der Waals surface area (Å²) in [5.41, 5.74) is 0.358. The summed E-state index contributed by atoms with van der Waals surface area (Å²) >= 11 is 11.8. The van der Waals surface area contributed by atoms with E-state index in [1.165, 1.54) is 12.1 Å². The molecule has 0 heterocycles. The van der Waals surface area contributed by atoms with Crippen LogP contribution in [0.3, 0.4) is 0 Å². The number of nitrogens with one attached hydrogen (secondary N) is 1. The fraction of sp³-hybridized carbons (Fsp3) is 0.133. The summed E-state index contributed by atoms with van der Waals surface area (Å²) in [6.07, 6.45) is -0.167. The van der Waals surface area contributed by atoms with Crippen LogP contribution in [0.15, 0.2) is 53.4 Å². The topological polar surface area (TPSA) is 63.2 Å². The highest BCUT2D eigenvalue weighted by Gasteiger charge is 2.16. The van der Waals surface area contributed by atoms with E-state index in [1.54, 1.807) is 36.4 Å². The number of anilines is 1. The van der Waals surface area contributed by atoms with Gasteiger partial charge in [0.05, 0.1) is 26.4 Å². The van der Waals surface area contributed by atoms with Gasteiger partial charge in [-0.25, -0.2) is 8.42 Å². The molecule has 0 aliphatic heterocycles. The van der Waals surface area contributed by atoms with Crippen molar-refractivity contribution in [2.45, 2.75) is 11.3 Å². The van der Waals surface area contributed by atoms with Gasteiger partial charge in [-0.1, -0.05) is 47.5 Å². The molecule has 0 bridgehead atoms. The Morgan fingerprint density at radius 1 is 1.00 bits per heavy atom. The van der Waals surface area contributed by atoms with Gasteiger partial charge < -0.3 is 5.32 Å². The van der Waals surface area contributed by atoms with E-state index in [1.807, 2.05) is 0 Å². The zero-order valence-electron chi connectivity index (χ0n) is 11.4. The van der Waals surface area contributed by atoms with Crippen LogP contribution in [0.4, 0.5) is 5.69 Å². The van der Waals surface area contributed by atoms with Gasteiger partial charge in [-0.05, 0) is 24.3 Å². The van der Waals surface area contributed by atoms with E-state index in [2.05, 4.69) is 5.32 Å². The molecule has 0 aliphatic rings. The van der Waals surface area contributed by atoms with E-state index < -0.39 is 15.7 Å². The number of hydrogen-bond donors (Lipinski definition) is 1. The average Bonchev–Trinajstić information content (AvgIpc) is 2.51. The first-order chi connectivity index (χ1) is 10.4. The number of amides is 1. The van der Waals surface area contributed by atoms with E-state index in [-0.39, 0.29) is 22.1 Å². The molecule has 116 valence electrons. The highest BCUT2D eigenvalue weighted by atomic mass is 35.5. The van der Waals surface area contributed by atoms with Gasteiger partial charge in [0.25, 0.3) is 0 Å². The third kappa shape index (κ3) is 4.22. The molecule has 7 heteroatoms. The number of halogens is 2. The monoisotopic (exact) mass is 357 g/mol. The third-order valence-electron chi connectivity index (χ3n) is 2.93. The van der Waals surface area contributed by atoms with Crippen molar-refractivity contribution in [1.82, 2.24) is 0 Å². The van der Waals surface area contributed by atoms with Gasteiger partial charge in [0.15, 0.2) is 9.84 Å². The third-order valence-corrected chi connectivity index (χ3v) is 5.48. The van der Waals surface area contributed by atoms with Gasteiger partial charge in [-0.15, -0.1) is 0 Å². The Morgan fingerprint density at radius 2 is 1.68 bits per heavy atom. The van der Waals surface area contributed by atoms with Crippen molar-refractivity contribution in [2.75, 3.05) is 11.1 Å². The number of carbonyl (C=O) groups is 1. The lowest BCUT2D eigenvalue weighted by atomic mass is 10.3. The minimum Gasteiger partial charge on any atom is -0.325 e. The lowest BCUT2D eigenvalue weighted by Crippen LogP contribution is -2.17. The largest absolute Gasteiger partial charge is 0.325 e. The highest BCUT2D eigenvalue weighted by molar-refractivity contribution is 7.91. The van der Waals surface area contributed by atoms with Crippen molar-refractivity contribution >= 4 is 44.6 Å². The van der Waals surface area contributed by atoms with Crippen LogP contribution < -0.4 is 5.32 Å². The fourth-order valence-corrected chi connectivity index (χ4v) is 3.40. The predicted octanol–water partition coefficient (Wildman–Crippen LogP) is 3.80. The van der Waals surface area contributed by atoms with E-state index >= 15 is 0 Å². The summed E-state index contributed by atoms with van der Waals surface area (Å²) in [5.74, 6) is -0.718. The van der Waals surface area contributed by atoms with Crippen molar-refractivity contribution < 1.29 is 13.2 Å². The number of sulfone groups is 1. The first kappa shape index (κ1) is 16.8. The second-order valence-electron chi connectivity index (χ2n) is 4.53. The molecule has 0 fully saturated rings. The molecule has 22 heavy (non-hydrogen) atoms. The lowest BCUT2D eigenvalue weighted by molar-refractivity contribution is -0.115. The van der Waals surface area contributed by atoms with Gasteiger partial charge >= 0.3 is 0 Å². The van der Waals surface area contributed by atoms with Crippen LogP contribution >= 0.6 is 23.2 Å². The molecule has 0 aliphatic carbocycles. The Morgan fingerprint density at radius 3 is 2.36 bits per heavy atom. The molecule has 2 aromatic carbocycles. The van der Waals surface area contributed by atoms with Crippen LogP contribution in [-0.2, 0) is 14.6 Å². The van der Waals surface area contributed by atoms with Crippen molar-refractivity contribution in [2.24, 2.45) is 0 Å². The van der Waals surface area contributed by atoms with Crippen LogP contribution in [0, 0.1) is 0 Å². The van der Waals surface area contributed by atoms with Crippen molar-refractivity contribution in [1.29, 1.82) is 0 Å². The van der Waals surface area contributed by atoms with Crippen molar-refractivity contribution in [3.8, 4) is 0 Å². The van der Waals surface area contributed by atoms with Crippen molar-refractivity contribution in [3.05, 3.63) is 58.6 Å². The second kappa shape index (κ2) is 7.13. The Hall–Kier alpha value is -1.56. The molecular formula is C15H13Cl2NO3S. The summed E-state index contributed by atoms with van der Waals surface area (Å²) in [7, 11) is -3.49. The molecule has 2 aromatic rings. The van der Waals surface area contributed by atoms with Crippen molar-refractivity contribution in [3.63, 3.8) is 0 Å². The minimum absolute atomic E-state index is 0.167. The van der Waals surface area contributed by atoms with Crippen LogP contribution in [0.25, 0.3) is 0 Å². The Balaban J connectivity index is 2.00. The summed E-state index contributed by atoms with van der Waals surface area (Å²) in [5, 5.41) is 3.10. The van der Waals surface area contributed by atoms with Gasteiger partial charge in [-0.3, -0.25) is 4.79 Å². The zero-order valence-corrected chi connectivity index (χ0v) is 13.8. The summed E-state index contributed by atoms with van der Waals surface area (Å²) < 4.78 is 24.2. The molecule has 0 radical (unpaired) electrons. The van der Waals surface area contributed by atoms with E-state index in [0.29, 0.717) is 10.7 Å². The maximum absolute atomic E-state index is 12.1. The van der Waals surface area contributed by atoms with E-state index in [4.69, 9.17) is 23.2 Å².